The van der Waals surface area contributed by atoms with E-state index in [1.807, 2.05) is 0 Å². The zero-order valence-corrected chi connectivity index (χ0v) is 11.8. The molecule has 0 spiro atoms. The Hall–Kier alpha value is -0.260. The normalized spacial score (nSPS) is 38.4. The first-order valence-corrected chi connectivity index (χ1v) is 7.11. The molecule has 0 saturated heterocycles. The molecule has 0 bridgehead atoms. The minimum absolute atomic E-state index is 0.527. The van der Waals surface area contributed by atoms with Crippen molar-refractivity contribution in [2.75, 3.05) is 0 Å². The highest BCUT2D eigenvalue weighted by molar-refractivity contribution is 5.26. The Labute approximate surface area is 102 Å². The van der Waals surface area contributed by atoms with E-state index in [9.17, 15) is 0 Å². The maximum absolute atomic E-state index is 2.56. The van der Waals surface area contributed by atoms with Gasteiger partial charge in [-0.05, 0) is 55.8 Å². The van der Waals surface area contributed by atoms with Gasteiger partial charge in [-0.2, -0.15) is 0 Å². The van der Waals surface area contributed by atoms with E-state index in [2.05, 4.69) is 34.6 Å². The molecule has 2 atom stereocenters. The van der Waals surface area contributed by atoms with E-state index in [0.717, 1.165) is 5.92 Å². The van der Waals surface area contributed by atoms with Gasteiger partial charge in [-0.1, -0.05) is 45.3 Å². The highest BCUT2D eigenvalue weighted by atomic mass is 14.5. The maximum atomic E-state index is 2.56. The Morgan fingerprint density at radius 1 is 1.19 bits per heavy atom. The Morgan fingerprint density at radius 2 is 1.88 bits per heavy atom. The quantitative estimate of drug-likeness (QED) is 0.523. The van der Waals surface area contributed by atoms with Gasteiger partial charge in [0.25, 0.3) is 0 Å². The Kier molecular flexibility index (Phi) is 2.97. The molecule has 1 fully saturated rings. The minimum atomic E-state index is 0.527. The third kappa shape index (κ3) is 1.65. The summed E-state index contributed by atoms with van der Waals surface area (Å²) >= 11 is 0. The Morgan fingerprint density at radius 3 is 2.50 bits per heavy atom. The monoisotopic (exact) mass is 220 g/mol. The van der Waals surface area contributed by atoms with E-state index in [0.29, 0.717) is 10.8 Å². The fraction of sp³-hybridized carbons (Fsp3) is 0.875. The van der Waals surface area contributed by atoms with Crippen LogP contribution in [0.2, 0.25) is 0 Å². The summed E-state index contributed by atoms with van der Waals surface area (Å²) in [6.45, 7) is 12.3. The molecule has 0 heterocycles. The van der Waals surface area contributed by atoms with Crippen LogP contribution in [-0.4, -0.2) is 0 Å². The number of hydrogen-bond donors (Lipinski definition) is 0. The summed E-state index contributed by atoms with van der Waals surface area (Å²) in [4.78, 5) is 0. The average Bonchev–Trinajstić information content (AvgIpc) is 2.15. The molecule has 2 aliphatic rings. The lowest BCUT2D eigenvalue weighted by Crippen LogP contribution is -2.45. The Balaban J connectivity index is 2.42. The molecule has 1 saturated carbocycles. The van der Waals surface area contributed by atoms with Crippen LogP contribution in [0.1, 0.15) is 73.1 Å². The van der Waals surface area contributed by atoms with Crippen LogP contribution in [0.15, 0.2) is 11.1 Å². The highest BCUT2D eigenvalue weighted by Crippen LogP contribution is 2.59. The molecule has 0 amide bonds. The van der Waals surface area contributed by atoms with Crippen molar-refractivity contribution in [2.45, 2.75) is 73.1 Å². The average molecular weight is 220 g/mol. The van der Waals surface area contributed by atoms with Gasteiger partial charge in [0.2, 0.25) is 0 Å². The zero-order chi connectivity index (χ0) is 12.0. The second kappa shape index (κ2) is 3.89. The predicted molar refractivity (Wildman–Crippen MR) is 71.5 cm³/mol. The molecule has 0 aromatic carbocycles. The number of hydrogen-bond acceptors (Lipinski definition) is 0. The molecule has 16 heavy (non-hydrogen) atoms. The first kappa shape index (κ1) is 12.2. The fourth-order valence-corrected chi connectivity index (χ4v) is 4.90. The van der Waals surface area contributed by atoms with Crippen LogP contribution in [0.5, 0.6) is 0 Å². The third-order valence-corrected chi connectivity index (χ3v) is 5.60. The van der Waals surface area contributed by atoms with Crippen molar-refractivity contribution < 1.29 is 0 Å². The molecule has 2 rings (SSSR count). The molecule has 0 nitrogen and oxygen atoms in total. The minimum Gasteiger partial charge on any atom is -0.0736 e. The molecule has 0 N–H and O–H groups in total. The molecule has 0 radical (unpaired) electrons. The second-order valence-corrected chi connectivity index (χ2v) is 6.96. The van der Waals surface area contributed by atoms with Crippen LogP contribution in [0.3, 0.4) is 0 Å². The molecule has 0 heteroatoms. The SMILES string of the molecule is CCC1=C(C)CCC2C(C)(C)CCCC12C. The maximum Gasteiger partial charge on any atom is -0.00805 e. The van der Waals surface area contributed by atoms with Crippen LogP contribution in [0, 0.1) is 16.7 Å². The van der Waals surface area contributed by atoms with Gasteiger partial charge in [-0.15, -0.1) is 0 Å². The molecule has 0 aliphatic heterocycles. The number of fused-ring (bicyclic) bond motifs is 1. The first-order chi connectivity index (χ1) is 7.42. The first-order valence-electron chi connectivity index (χ1n) is 7.11. The Bertz CT molecular complexity index is 308. The van der Waals surface area contributed by atoms with E-state index in [1.54, 1.807) is 11.1 Å². The van der Waals surface area contributed by atoms with Crippen LogP contribution in [0.25, 0.3) is 0 Å². The van der Waals surface area contributed by atoms with Crippen molar-refractivity contribution in [3.05, 3.63) is 11.1 Å². The van der Waals surface area contributed by atoms with Gasteiger partial charge in [0.15, 0.2) is 0 Å². The van der Waals surface area contributed by atoms with Crippen molar-refractivity contribution in [1.29, 1.82) is 0 Å². The topological polar surface area (TPSA) is 0 Å². The summed E-state index contributed by atoms with van der Waals surface area (Å²) < 4.78 is 0. The number of allylic oxidation sites excluding steroid dienone is 2. The zero-order valence-electron chi connectivity index (χ0n) is 11.8. The summed E-state index contributed by atoms with van der Waals surface area (Å²) in [6, 6.07) is 0. The smallest absolute Gasteiger partial charge is 0.00805 e. The summed E-state index contributed by atoms with van der Waals surface area (Å²) in [7, 11) is 0. The summed E-state index contributed by atoms with van der Waals surface area (Å²) in [6.07, 6.45) is 8.35. The molecule has 0 aromatic rings. The van der Waals surface area contributed by atoms with Gasteiger partial charge in [-0.25, -0.2) is 0 Å². The fourth-order valence-electron chi connectivity index (χ4n) is 4.90. The van der Waals surface area contributed by atoms with E-state index in [4.69, 9.17) is 0 Å². The summed E-state index contributed by atoms with van der Waals surface area (Å²) in [5.74, 6) is 0.924. The van der Waals surface area contributed by atoms with E-state index < -0.39 is 0 Å². The van der Waals surface area contributed by atoms with Gasteiger partial charge in [-0.3, -0.25) is 0 Å². The lowest BCUT2D eigenvalue weighted by molar-refractivity contribution is 0.0109. The van der Waals surface area contributed by atoms with Gasteiger partial charge < -0.3 is 0 Å². The van der Waals surface area contributed by atoms with Crippen LogP contribution in [-0.2, 0) is 0 Å². The molecule has 92 valence electrons. The van der Waals surface area contributed by atoms with Gasteiger partial charge in [0.1, 0.15) is 0 Å². The van der Waals surface area contributed by atoms with Crippen molar-refractivity contribution in [3.8, 4) is 0 Å². The summed E-state index contributed by atoms with van der Waals surface area (Å²) in [5, 5.41) is 0. The predicted octanol–water partition coefficient (Wildman–Crippen LogP) is 5.34. The van der Waals surface area contributed by atoms with Gasteiger partial charge >= 0.3 is 0 Å². The molecular weight excluding hydrogens is 192 g/mol. The van der Waals surface area contributed by atoms with Crippen LogP contribution < -0.4 is 0 Å². The summed E-state index contributed by atoms with van der Waals surface area (Å²) in [5.41, 5.74) is 4.60. The van der Waals surface area contributed by atoms with E-state index >= 15 is 0 Å². The van der Waals surface area contributed by atoms with E-state index in [-0.39, 0.29) is 0 Å². The lowest BCUT2D eigenvalue weighted by atomic mass is 9.50. The largest absolute Gasteiger partial charge is 0.0736 e. The third-order valence-electron chi connectivity index (χ3n) is 5.60. The van der Waals surface area contributed by atoms with E-state index in [1.165, 1.54) is 38.5 Å². The lowest BCUT2D eigenvalue weighted by Gasteiger charge is -2.55. The second-order valence-electron chi connectivity index (χ2n) is 6.96. The molecule has 2 aliphatic carbocycles. The standard InChI is InChI=1S/C16H28/c1-6-13-12(2)8-9-14-15(3,4)10-7-11-16(13,14)5/h14H,6-11H2,1-5H3. The van der Waals surface area contributed by atoms with Crippen molar-refractivity contribution in [1.82, 2.24) is 0 Å². The molecule has 0 aromatic heterocycles. The van der Waals surface area contributed by atoms with Crippen LogP contribution >= 0.6 is 0 Å². The van der Waals surface area contributed by atoms with Crippen molar-refractivity contribution >= 4 is 0 Å². The molecular formula is C16H28. The van der Waals surface area contributed by atoms with Gasteiger partial charge in [0, 0.05) is 0 Å². The van der Waals surface area contributed by atoms with Gasteiger partial charge in [0.05, 0.1) is 0 Å². The highest BCUT2D eigenvalue weighted by Gasteiger charge is 2.49. The van der Waals surface area contributed by atoms with Crippen LogP contribution in [0.4, 0.5) is 0 Å². The van der Waals surface area contributed by atoms with Crippen molar-refractivity contribution in [2.24, 2.45) is 16.7 Å². The molecule has 2 unspecified atom stereocenters. The van der Waals surface area contributed by atoms with Crippen molar-refractivity contribution in [3.63, 3.8) is 0 Å². The number of rotatable bonds is 1.